The van der Waals surface area contributed by atoms with E-state index in [0.29, 0.717) is 29.2 Å². The first-order valence-electron chi connectivity index (χ1n) is 8.09. The fourth-order valence-corrected chi connectivity index (χ4v) is 3.28. The highest BCUT2D eigenvalue weighted by Crippen LogP contribution is 2.26. The highest BCUT2D eigenvalue weighted by atomic mass is 35.5. The van der Waals surface area contributed by atoms with Crippen molar-refractivity contribution in [3.05, 3.63) is 92.1 Å². The Balaban J connectivity index is 2.05. The molecule has 7 heteroatoms. The van der Waals surface area contributed by atoms with Crippen LogP contribution in [0.5, 0.6) is 0 Å². The standard InChI is InChI=1S/C20H12Cl2F2N2O/c21-14-8-6-12(10-16(14)23)25-18-4-2-1-3-5-19(18)26(20(25)27)13-7-9-15(22)17(24)11-13/h2-11H,1H2. The van der Waals surface area contributed by atoms with Crippen molar-refractivity contribution in [2.45, 2.75) is 6.42 Å². The Labute approximate surface area is 163 Å². The van der Waals surface area contributed by atoms with Crippen LogP contribution in [0.2, 0.25) is 10.0 Å². The molecule has 1 aromatic heterocycles. The highest BCUT2D eigenvalue weighted by molar-refractivity contribution is 6.31. The first-order chi connectivity index (χ1) is 13.0. The van der Waals surface area contributed by atoms with Crippen molar-refractivity contribution in [3.8, 4) is 11.4 Å². The Kier molecular flexibility index (Phi) is 4.50. The normalized spacial score (nSPS) is 12.9. The quantitative estimate of drug-likeness (QED) is 0.542. The van der Waals surface area contributed by atoms with E-state index in [4.69, 9.17) is 23.2 Å². The van der Waals surface area contributed by atoms with Crippen LogP contribution in [0.25, 0.3) is 23.5 Å². The number of rotatable bonds is 2. The largest absolute Gasteiger partial charge is 0.338 e. The van der Waals surface area contributed by atoms with Gasteiger partial charge in [0.2, 0.25) is 0 Å². The fraction of sp³-hybridized carbons (Fsp3) is 0.0500. The van der Waals surface area contributed by atoms with Gasteiger partial charge in [0.1, 0.15) is 11.6 Å². The average Bonchev–Trinajstić information content (AvgIpc) is 2.78. The van der Waals surface area contributed by atoms with Gasteiger partial charge in [-0.25, -0.2) is 13.6 Å². The van der Waals surface area contributed by atoms with E-state index in [-0.39, 0.29) is 10.0 Å². The molecule has 0 amide bonds. The summed E-state index contributed by atoms with van der Waals surface area (Å²) >= 11 is 11.5. The van der Waals surface area contributed by atoms with E-state index in [1.165, 1.54) is 33.4 Å². The lowest BCUT2D eigenvalue weighted by atomic mass is 10.2. The van der Waals surface area contributed by atoms with Gasteiger partial charge in [-0.2, -0.15) is 0 Å². The molecular formula is C20H12Cl2F2N2O. The molecule has 136 valence electrons. The van der Waals surface area contributed by atoms with Crippen LogP contribution in [0, 0.1) is 11.6 Å². The van der Waals surface area contributed by atoms with Gasteiger partial charge in [-0.15, -0.1) is 0 Å². The molecule has 3 nitrogen and oxygen atoms in total. The molecule has 1 heterocycles. The molecule has 0 fully saturated rings. The zero-order valence-corrected chi connectivity index (χ0v) is 15.3. The Bertz CT molecular complexity index is 1090. The van der Waals surface area contributed by atoms with Crippen LogP contribution in [0.4, 0.5) is 8.78 Å². The number of fused-ring (bicyclic) bond motifs is 1. The summed E-state index contributed by atoms with van der Waals surface area (Å²) in [6.45, 7) is 0. The molecule has 1 aliphatic carbocycles. The number of hydrogen-bond donors (Lipinski definition) is 0. The van der Waals surface area contributed by atoms with Gasteiger partial charge < -0.3 is 0 Å². The van der Waals surface area contributed by atoms with E-state index in [9.17, 15) is 13.6 Å². The van der Waals surface area contributed by atoms with Gasteiger partial charge in [-0.3, -0.25) is 9.13 Å². The summed E-state index contributed by atoms with van der Waals surface area (Å²) in [5.74, 6) is -1.26. The van der Waals surface area contributed by atoms with Crippen LogP contribution in [-0.4, -0.2) is 9.13 Å². The third-order valence-corrected chi connectivity index (χ3v) is 4.89. The molecule has 1 aliphatic rings. The maximum Gasteiger partial charge on any atom is 0.338 e. The topological polar surface area (TPSA) is 26.9 Å². The maximum absolute atomic E-state index is 14.0. The van der Waals surface area contributed by atoms with Crippen molar-refractivity contribution in [2.24, 2.45) is 0 Å². The van der Waals surface area contributed by atoms with E-state index < -0.39 is 17.3 Å². The molecule has 0 radical (unpaired) electrons. The third kappa shape index (κ3) is 3.03. The van der Waals surface area contributed by atoms with E-state index in [1.54, 1.807) is 24.3 Å². The molecular weight excluding hydrogens is 393 g/mol. The average molecular weight is 405 g/mol. The lowest BCUT2D eigenvalue weighted by Crippen LogP contribution is -2.23. The zero-order chi connectivity index (χ0) is 19.1. The van der Waals surface area contributed by atoms with Gasteiger partial charge in [-0.05, 0) is 55.0 Å². The van der Waals surface area contributed by atoms with E-state index in [1.807, 2.05) is 12.2 Å². The van der Waals surface area contributed by atoms with Crippen molar-refractivity contribution in [1.82, 2.24) is 9.13 Å². The highest BCUT2D eigenvalue weighted by Gasteiger charge is 2.21. The van der Waals surface area contributed by atoms with E-state index in [2.05, 4.69) is 0 Å². The molecule has 3 aromatic rings. The summed E-state index contributed by atoms with van der Waals surface area (Å²) < 4.78 is 30.7. The summed E-state index contributed by atoms with van der Waals surface area (Å²) in [6.07, 6.45) is 8.01. The van der Waals surface area contributed by atoms with E-state index >= 15 is 0 Å². The molecule has 0 saturated carbocycles. The number of nitrogens with zero attached hydrogens (tertiary/aromatic N) is 2. The van der Waals surface area contributed by atoms with Gasteiger partial charge in [0.15, 0.2) is 0 Å². The van der Waals surface area contributed by atoms with Crippen LogP contribution in [0.15, 0.2) is 53.3 Å². The first kappa shape index (κ1) is 17.8. The Morgan fingerprint density at radius 2 is 1.22 bits per heavy atom. The van der Waals surface area contributed by atoms with Crippen molar-refractivity contribution >= 4 is 35.4 Å². The van der Waals surface area contributed by atoms with Gasteiger partial charge in [0.25, 0.3) is 0 Å². The molecule has 0 unspecified atom stereocenters. The summed E-state index contributed by atoms with van der Waals surface area (Å²) in [5, 5.41) is -0.0694. The molecule has 0 N–H and O–H groups in total. The summed E-state index contributed by atoms with van der Waals surface area (Å²) in [6, 6.07) is 8.28. The van der Waals surface area contributed by atoms with Gasteiger partial charge in [0.05, 0.1) is 32.8 Å². The predicted molar refractivity (Wildman–Crippen MR) is 104 cm³/mol. The molecule has 4 rings (SSSR count). The first-order valence-corrected chi connectivity index (χ1v) is 8.84. The van der Waals surface area contributed by atoms with Gasteiger partial charge in [-0.1, -0.05) is 35.4 Å². The number of aromatic nitrogens is 2. The Hall–Kier alpha value is -2.63. The second kappa shape index (κ2) is 6.83. The lowest BCUT2D eigenvalue weighted by molar-refractivity contribution is 0.626. The van der Waals surface area contributed by atoms with Gasteiger partial charge in [0, 0.05) is 0 Å². The van der Waals surface area contributed by atoms with Crippen molar-refractivity contribution in [3.63, 3.8) is 0 Å². The molecule has 0 bridgehead atoms. The number of hydrogen-bond acceptors (Lipinski definition) is 1. The molecule has 0 atom stereocenters. The van der Waals surface area contributed by atoms with E-state index in [0.717, 1.165) is 0 Å². The smallest absolute Gasteiger partial charge is 0.260 e. The SMILES string of the molecule is O=c1n(-c2ccc(Cl)c(F)c2)c2c(n1-c1ccc(Cl)c(F)c1)C=CCC=C2. The number of benzene rings is 2. The Morgan fingerprint density at radius 1 is 0.778 bits per heavy atom. The minimum absolute atomic E-state index is 0.0347. The van der Waals surface area contributed by atoms with Crippen molar-refractivity contribution < 1.29 is 8.78 Å². The minimum Gasteiger partial charge on any atom is -0.260 e. The monoisotopic (exact) mass is 404 g/mol. The van der Waals surface area contributed by atoms with Crippen LogP contribution in [-0.2, 0) is 0 Å². The molecule has 2 aromatic carbocycles. The molecule has 0 spiro atoms. The molecule has 0 aliphatic heterocycles. The van der Waals surface area contributed by atoms with Crippen LogP contribution in [0.1, 0.15) is 17.8 Å². The van der Waals surface area contributed by atoms with Crippen LogP contribution < -0.4 is 5.69 Å². The molecule has 0 saturated heterocycles. The van der Waals surface area contributed by atoms with Crippen LogP contribution >= 0.6 is 23.2 Å². The predicted octanol–water partition coefficient (Wildman–Crippen LogP) is 5.64. The summed E-state index contributed by atoms with van der Waals surface area (Å²) in [5.41, 5.74) is 1.31. The van der Waals surface area contributed by atoms with Gasteiger partial charge >= 0.3 is 5.69 Å². The second-order valence-electron chi connectivity index (χ2n) is 5.96. The number of imidazole rings is 1. The summed E-state index contributed by atoms with van der Waals surface area (Å²) in [7, 11) is 0. The second-order valence-corrected chi connectivity index (χ2v) is 6.78. The maximum atomic E-state index is 14.0. The lowest BCUT2D eigenvalue weighted by Gasteiger charge is -2.06. The van der Waals surface area contributed by atoms with Crippen molar-refractivity contribution in [1.29, 1.82) is 0 Å². The van der Waals surface area contributed by atoms with Crippen LogP contribution in [0.3, 0.4) is 0 Å². The minimum atomic E-state index is -0.631. The number of allylic oxidation sites excluding steroid dienone is 2. The Morgan fingerprint density at radius 3 is 1.63 bits per heavy atom. The molecule has 27 heavy (non-hydrogen) atoms. The number of halogens is 4. The van der Waals surface area contributed by atoms with Crippen molar-refractivity contribution in [2.75, 3.05) is 0 Å². The third-order valence-electron chi connectivity index (χ3n) is 4.27. The zero-order valence-electron chi connectivity index (χ0n) is 13.8. The fourth-order valence-electron chi connectivity index (χ4n) is 3.04. The summed E-state index contributed by atoms with van der Waals surface area (Å²) in [4.78, 5) is 13.2.